The van der Waals surface area contributed by atoms with Gasteiger partial charge < -0.3 is 20.1 Å². The van der Waals surface area contributed by atoms with Gasteiger partial charge in [-0.1, -0.05) is 30.3 Å². The molecule has 0 spiro atoms. The Morgan fingerprint density at radius 3 is 2.60 bits per heavy atom. The molecule has 5 nitrogen and oxygen atoms in total. The minimum atomic E-state index is -0.0592. The minimum Gasteiger partial charge on any atom is -0.497 e. The molecule has 3 aromatic carbocycles. The van der Waals surface area contributed by atoms with Crippen LogP contribution in [0.3, 0.4) is 0 Å². The van der Waals surface area contributed by atoms with Crippen LogP contribution in [0.2, 0.25) is 0 Å². The van der Waals surface area contributed by atoms with Crippen LogP contribution < -0.4 is 10.1 Å². The highest BCUT2D eigenvalue weighted by Gasteiger charge is 2.15. The Bertz CT molecular complexity index is 1160. The molecule has 4 aromatic rings. The number of methoxy groups -OCH3 is 1. The van der Waals surface area contributed by atoms with Crippen LogP contribution in [0.5, 0.6) is 5.75 Å². The van der Waals surface area contributed by atoms with Gasteiger partial charge in [-0.15, -0.1) is 0 Å². The van der Waals surface area contributed by atoms with Crippen LogP contribution in [0.4, 0.5) is 5.69 Å². The standard InChI is InChI=1S/C25H24N2O3/c1-30-20-11-9-18(10-12-20)25-22(21-7-2-3-8-23(21)27-25)13-14-24(29)26-19-6-4-5-17(15-19)16-28/h2-12,15,27-28H,13-14,16H2,1H3,(H,26,29). The van der Waals surface area contributed by atoms with E-state index in [1.807, 2.05) is 60.7 Å². The Labute approximate surface area is 175 Å². The third-order valence-corrected chi connectivity index (χ3v) is 5.19. The molecule has 30 heavy (non-hydrogen) atoms. The first-order valence-corrected chi connectivity index (χ1v) is 9.91. The SMILES string of the molecule is COc1ccc(-c2[nH]c3ccccc3c2CCC(=O)Nc2cccc(CO)c2)cc1. The van der Waals surface area contributed by atoms with Gasteiger partial charge in [-0.25, -0.2) is 0 Å². The van der Waals surface area contributed by atoms with E-state index >= 15 is 0 Å². The van der Waals surface area contributed by atoms with Crippen molar-refractivity contribution in [2.45, 2.75) is 19.4 Å². The van der Waals surface area contributed by atoms with Gasteiger partial charge in [0.25, 0.3) is 0 Å². The van der Waals surface area contributed by atoms with Gasteiger partial charge in [0.15, 0.2) is 0 Å². The van der Waals surface area contributed by atoms with Crippen molar-refractivity contribution < 1.29 is 14.6 Å². The number of ether oxygens (including phenoxy) is 1. The average Bonchev–Trinajstić information content (AvgIpc) is 3.16. The Morgan fingerprint density at radius 1 is 1.03 bits per heavy atom. The Kier molecular flexibility index (Phi) is 5.82. The number of H-pyrrole nitrogens is 1. The number of aromatic amines is 1. The van der Waals surface area contributed by atoms with E-state index in [0.29, 0.717) is 18.5 Å². The predicted molar refractivity (Wildman–Crippen MR) is 120 cm³/mol. The van der Waals surface area contributed by atoms with Crippen molar-refractivity contribution >= 4 is 22.5 Å². The number of para-hydroxylation sites is 1. The van der Waals surface area contributed by atoms with E-state index in [2.05, 4.69) is 16.4 Å². The highest BCUT2D eigenvalue weighted by atomic mass is 16.5. The number of carbonyl (C=O) groups is 1. The third kappa shape index (κ3) is 4.21. The minimum absolute atomic E-state index is 0.0513. The molecule has 1 aromatic heterocycles. The molecule has 0 fully saturated rings. The summed E-state index contributed by atoms with van der Waals surface area (Å²) < 4.78 is 5.27. The fourth-order valence-electron chi connectivity index (χ4n) is 3.67. The number of aliphatic hydroxyl groups excluding tert-OH is 1. The number of hydrogen-bond acceptors (Lipinski definition) is 3. The van der Waals surface area contributed by atoms with Gasteiger partial charge in [-0.3, -0.25) is 4.79 Å². The summed E-state index contributed by atoms with van der Waals surface area (Å²) in [6.07, 6.45) is 0.964. The van der Waals surface area contributed by atoms with Crippen molar-refractivity contribution in [3.8, 4) is 17.0 Å². The monoisotopic (exact) mass is 400 g/mol. The Morgan fingerprint density at radius 2 is 1.83 bits per heavy atom. The van der Waals surface area contributed by atoms with E-state index in [9.17, 15) is 9.90 Å². The van der Waals surface area contributed by atoms with E-state index in [-0.39, 0.29) is 12.5 Å². The quantitative estimate of drug-likeness (QED) is 0.413. The predicted octanol–water partition coefficient (Wildman–Crippen LogP) is 4.91. The summed E-state index contributed by atoms with van der Waals surface area (Å²) in [4.78, 5) is 16.1. The number of hydrogen-bond donors (Lipinski definition) is 3. The average molecular weight is 400 g/mol. The summed E-state index contributed by atoms with van der Waals surface area (Å²) in [5, 5.41) is 13.3. The number of carbonyl (C=O) groups excluding carboxylic acids is 1. The van der Waals surface area contributed by atoms with Gasteiger partial charge >= 0.3 is 0 Å². The normalized spacial score (nSPS) is 10.9. The first-order valence-electron chi connectivity index (χ1n) is 9.91. The van der Waals surface area contributed by atoms with Crippen LogP contribution in [-0.2, 0) is 17.8 Å². The van der Waals surface area contributed by atoms with Crippen molar-refractivity contribution in [2.24, 2.45) is 0 Å². The molecule has 0 aliphatic rings. The fraction of sp³-hybridized carbons (Fsp3) is 0.160. The lowest BCUT2D eigenvalue weighted by atomic mass is 10.0. The molecule has 152 valence electrons. The molecule has 0 aliphatic heterocycles. The smallest absolute Gasteiger partial charge is 0.224 e. The fourth-order valence-corrected chi connectivity index (χ4v) is 3.67. The van der Waals surface area contributed by atoms with E-state index < -0.39 is 0 Å². The molecule has 1 amide bonds. The second-order valence-corrected chi connectivity index (χ2v) is 7.16. The first kappa shape index (κ1) is 19.7. The molecule has 3 N–H and O–H groups in total. The topological polar surface area (TPSA) is 74.4 Å². The van der Waals surface area contributed by atoms with Gasteiger partial charge in [0.05, 0.1) is 13.7 Å². The molecule has 0 unspecified atom stereocenters. The van der Waals surface area contributed by atoms with Gasteiger partial charge in [-0.05, 0) is 65.6 Å². The van der Waals surface area contributed by atoms with Crippen LogP contribution in [0.15, 0.2) is 72.8 Å². The second kappa shape index (κ2) is 8.84. The number of nitrogens with one attached hydrogen (secondary N) is 2. The summed E-state index contributed by atoms with van der Waals surface area (Å²) in [5.41, 5.74) is 5.71. The van der Waals surface area contributed by atoms with Crippen molar-refractivity contribution in [3.05, 3.63) is 83.9 Å². The first-order chi connectivity index (χ1) is 14.7. The lowest BCUT2D eigenvalue weighted by Gasteiger charge is -2.08. The van der Waals surface area contributed by atoms with Crippen molar-refractivity contribution in [1.29, 1.82) is 0 Å². The molecule has 5 heteroatoms. The third-order valence-electron chi connectivity index (χ3n) is 5.19. The molecule has 1 heterocycles. The molecule has 0 aliphatic carbocycles. The lowest BCUT2D eigenvalue weighted by molar-refractivity contribution is -0.116. The van der Waals surface area contributed by atoms with Crippen molar-refractivity contribution in [2.75, 3.05) is 12.4 Å². The summed E-state index contributed by atoms with van der Waals surface area (Å²) in [6, 6.07) is 23.3. The Hall–Kier alpha value is -3.57. The number of rotatable bonds is 7. The number of fused-ring (bicyclic) bond motifs is 1. The molecule has 4 rings (SSSR count). The number of aliphatic hydroxyl groups is 1. The molecule has 0 radical (unpaired) electrons. The van der Waals surface area contributed by atoms with Crippen LogP contribution in [0, 0.1) is 0 Å². The number of benzene rings is 3. The zero-order chi connectivity index (χ0) is 20.9. The van der Waals surface area contributed by atoms with Crippen LogP contribution >= 0.6 is 0 Å². The van der Waals surface area contributed by atoms with E-state index in [1.54, 1.807) is 13.2 Å². The van der Waals surface area contributed by atoms with Crippen LogP contribution in [0.1, 0.15) is 17.5 Å². The highest BCUT2D eigenvalue weighted by molar-refractivity contribution is 5.94. The number of aromatic nitrogens is 1. The summed E-state index contributed by atoms with van der Waals surface area (Å²) in [7, 11) is 1.65. The van der Waals surface area contributed by atoms with Gasteiger partial charge in [0, 0.05) is 28.7 Å². The molecule has 0 saturated carbocycles. The van der Waals surface area contributed by atoms with Crippen LogP contribution in [0.25, 0.3) is 22.2 Å². The van der Waals surface area contributed by atoms with E-state index in [1.165, 1.54) is 0 Å². The maximum Gasteiger partial charge on any atom is 0.224 e. The van der Waals surface area contributed by atoms with Crippen molar-refractivity contribution in [1.82, 2.24) is 4.98 Å². The maximum absolute atomic E-state index is 12.6. The molecular formula is C25H24N2O3. The van der Waals surface area contributed by atoms with Crippen molar-refractivity contribution in [3.63, 3.8) is 0 Å². The van der Waals surface area contributed by atoms with Gasteiger partial charge in [0.2, 0.25) is 5.91 Å². The summed E-state index contributed by atoms with van der Waals surface area (Å²) in [5.74, 6) is 0.747. The number of amides is 1. The number of anilines is 1. The zero-order valence-electron chi connectivity index (χ0n) is 16.8. The molecule has 0 atom stereocenters. The summed E-state index contributed by atoms with van der Waals surface area (Å²) >= 11 is 0. The largest absolute Gasteiger partial charge is 0.497 e. The molecular weight excluding hydrogens is 376 g/mol. The van der Waals surface area contributed by atoms with Gasteiger partial charge in [-0.2, -0.15) is 0 Å². The lowest BCUT2D eigenvalue weighted by Crippen LogP contribution is -2.12. The zero-order valence-corrected chi connectivity index (χ0v) is 16.8. The van der Waals surface area contributed by atoms with Crippen LogP contribution in [-0.4, -0.2) is 23.1 Å². The highest BCUT2D eigenvalue weighted by Crippen LogP contribution is 2.32. The molecule has 0 bridgehead atoms. The molecule has 0 saturated heterocycles. The second-order valence-electron chi connectivity index (χ2n) is 7.16. The summed E-state index contributed by atoms with van der Waals surface area (Å²) in [6.45, 7) is -0.0513. The Balaban J connectivity index is 1.57. The van der Waals surface area contributed by atoms with E-state index in [4.69, 9.17) is 4.74 Å². The van der Waals surface area contributed by atoms with Gasteiger partial charge in [0.1, 0.15) is 5.75 Å². The van der Waals surface area contributed by atoms with E-state index in [0.717, 1.165) is 39.0 Å². The maximum atomic E-state index is 12.6. The number of aryl methyl sites for hydroxylation is 1.